The molecule has 0 unspecified atom stereocenters. The maximum atomic E-state index is 13.1. The molecule has 1 saturated carbocycles. The molecule has 1 saturated heterocycles. The summed E-state index contributed by atoms with van der Waals surface area (Å²) in [5, 5.41) is 20.1. The fraction of sp³-hybridized carbons (Fsp3) is 0.423. The van der Waals surface area contributed by atoms with Gasteiger partial charge in [-0.15, -0.1) is 0 Å². The van der Waals surface area contributed by atoms with E-state index < -0.39 is 12.1 Å². The van der Waals surface area contributed by atoms with E-state index in [2.05, 4.69) is 6.07 Å². The number of benzene rings is 2. The van der Waals surface area contributed by atoms with Gasteiger partial charge in [0.25, 0.3) is 5.91 Å². The van der Waals surface area contributed by atoms with Gasteiger partial charge in [-0.3, -0.25) is 9.59 Å². The van der Waals surface area contributed by atoms with Crippen molar-refractivity contribution in [3.8, 4) is 17.2 Å². The molecule has 1 aliphatic heterocycles. The molecule has 1 aliphatic carbocycles. The largest absolute Gasteiger partial charge is 0.394 e. The second-order valence-electron chi connectivity index (χ2n) is 8.94. The minimum atomic E-state index is -0.587. The molecule has 0 bridgehead atoms. The van der Waals surface area contributed by atoms with Gasteiger partial charge in [0.1, 0.15) is 6.04 Å². The molecular weight excluding hydrogens is 402 g/mol. The molecule has 2 aliphatic rings. The fourth-order valence-electron chi connectivity index (χ4n) is 5.17. The third-order valence-corrected chi connectivity index (χ3v) is 6.86. The van der Waals surface area contributed by atoms with Gasteiger partial charge < -0.3 is 14.9 Å². The maximum absolute atomic E-state index is 13.1. The standard InChI is InChI=1S/C26H29N3O3/c1-28(2)25(31)19-13-11-17(12-14-19)20-9-5-6-10-21(20)24-22(15-27)29(23(24)16-30)26(32)18-7-3-4-8-18/h5-6,9-14,18,22-24,30H,3-4,7-8,16H2,1-2H3/t22-,23+,24+/m1/s1. The summed E-state index contributed by atoms with van der Waals surface area (Å²) in [5.74, 6) is -0.337. The van der Waals surface area contributed by atoms with Crippen molar-refractivity contribution in [3.05, 3.63) is 59.7 Å². The predicted molar refractivity (Wildman–Crippen MR) is 122 cm³/mol. The van der Waals surface area contributed by atoms with Crippen LogP contribution in [0.2, 0.25) is 0 Å². The van der Waals surface area contributed by atoms with Gasteiger partial charge in [-0.2, -0.15) is 5.26 Å². The number of carbonyl (C=O) groups excluding carboxylic acids is 2. The van der Waals surface area contributed by atoms with Crippen molar-refractivity contribution in [2.24, 2.45) is 5.92 Å². The van der Waals surface area contributed by atoms with E-state index >= 15 is 0 Å². The van der Waals surface area contributed by atoms with Crippen LogP contribution in [-0.4, -0.2) is 59.5 Å². The Bertz CT molecular complexity index is 1040. The van der Waals surface area contributed by atoms with Gasteiger partial charge in [-0.25, -0.2) is 0 Å². The molecule has 6 nitrogen and oxygen atoms in total. The first-order chi connectivity index (χ1) is 15.5. The average Bonchev–Trinajstić information content (AvgIpc) is 3.34. The van der Waals surface area contributed by atoms with Crippen molar-refractivity contribution in [2.45, 2.75) is 43.7 Å². The quantitative estimate of drug-likeness (QED) is 0.786. The highest BCUT2D eigenvalue weighted by Crippen LogP contribution is 2.45. The van der Waals surface area contributed by atoms with E-state index in [-0.39, 0.29) is 30.3 Å². The Hall–Kier alpha value is -3.17. The van der Waals surface area contributed by atoms with Crippen LogP contribution in [0.5, 0.6) is 0 Å². The molecule has 0 aromatic heterocycles. The summed E-state index contributed by atoms with van der Waals surface area (Å²) < 4.78 is 0. The first kappa shape index (κ1) is 22.0. The SMILES string of the molecule is CN(C)C(=O)c1ccc(-c2ccccc2[C@H]2[C@@H](C#N)N(C(=O)C3CCCC3)[C@H]2CO)cc1. The van der Waals surface area contributed by atoms with Gasteiger partial charge in [-0.05, 0) is 41.7 Å². The highest BCUT2D eigenvalue weighted by atomic mass is 16.3. The first-order valence-corrected chi connectivity index (χ1v) is 11.2. The van der Waals surface area contributed by atoms with Gasteiger partial charge in [0.2, 0.25) is 5.91 Å². The normalized spacial score (nSPS) is 22.8. The Morgan fingerprint density at radius 1 is 1.09 bits per heavy atom. The maximum Gasteiger partial charge on any atom is 0.253 e. The Morgan fingerprint density at radius 2 is 1.75 bits per heavy atom. The molecule has 1 heterocycles. The predicted octanol–water partition coefficient (Wildman–Crippen LogP) is 3.42. The fourth-order valence-corrected chi connectivity index (χ4v) is 5.17. The second kappa shape index (κ2) is 9.13. The lowest BCUT2D eigenvalue weighted by molar-refractivity contribution is -0.151. The van der Waals surface area contributed by atoms with Crippen LogP contribution < -0.4 is 0 Å². The summed E-state index contributed by atoms with van der Waals surface area (Å²) in [5.41, 5.74) is 3.44. The molecular formula is C26H29N3O3. The summed E-state index contributed by atoms with van der Waals surface area (Å²) in [4.78, 5) is 28.5. The van der Waals surface area contributed by atoms with Crippen LogP contribution in [0.1, 0.15) is 47.5 Å². The summed E-state index contributed by atoms with van der Waals surface area (Å²) in [6.07, 6.45) is 3.82. The van der Waals surface area contributed by atoms with E-state index in [0.29, 0.717) is 5.56 Å². The number of nitrogens with zero attached hydrogens (tertiary/aromatic N) is 3. The summed E-state index contributed by atoms with van der Waals surface area (Å²) in [6, 6.07) is 16.6. The van der Waals surface area contributed by atoms with Gasteiger partial charge in [0, 0.05) is 31.5 Å². The highest BCUT2D eigenvalue weighted by Gasteiger charge is 2.53. The van der Waals surface area contributed by atoms with Crippen LogP contribution in [0.15, 0.2) is 48.5 Å². The van der Waals surface area contributed by atoms with E-state index in [1.165, 1.54) is 4.90 Å². The molecule has 32 heavy (non-hydrogen) atoms. The smallest absolute Gasteiger partial charge is 0.253 e. The molecule has 6 heteroatoms. The van der Waals surface area contributed by atoms with E-state index in [0.717, 1.165) is 42.4 Å². The number of nitriles is 1. The zero-order valence-corrected chi connectivity index (χ0v) is 18.6. The summed E-state index contributed by atoms with van der Waals surface area (Å²) in [6.45, 7) is -0.175. The Balaban J connectivity index is 1.65. The van der Waals surface area contributed by atoms with Crippen molar-refractivity contribution in [3.63, 3.8) is 0 Å². The second-order valence-corrected chi connectivity index (χ2v) is 8.94. The average molecular weight is 432 g/mol. The van der Waals surface area contributed by atoms with Gasteiger partial charge in [0.05, 0.1) is 18.7 Å². The molecule has 2 amide bonds. The van der Waals surface area contributed by atoms with Crippen molar-refractivity contribution < 1.29 is 14.7 Å². The molecule has 166 valence electrons. The lowest BCUT2D eigenvalue weighted by atomic mass is 9.73. The molecule has 0 radical (unpaired) electrons. The first-order valence-electron chi connectivity index (χ1n) is 11.2. The van der Waals surface area contributed by atoms with Crippen LogP contribution >= 0.6 is 0 Å². The number of hydrogen-bond donors (Lipinski definition) is 1. The number of hydrogen-bond acceptors (Lipinski definition) is 4. The highest BCUT2D eigenvalue weighted by molar-refractivity contribution is 5.94. The summed E-state index contributed by atoms with van der Waals surface area (Å²) >= 11 is 0. The van der Waals surface area contributed by atoms with Crippen molar-refractivity contribution >= 4 is 11.8 Å². The molecule has 2 aromatic carbocycles. The number of aliphatic hydroxyl groups is 1. The number of rotatable bonds is 5. The monoisotopic (exact) mass is 431 g/mol. The van der Waals surface area contributed by atoms with Crippen LogP contribution in [-0.2, 0) is 4.79 Å². The van der Waals surface area contributed by atoms with E-state index in [1.54, 1.807) is 31.1 Å². The summed E-state index contributed by atoms with van der Waals surface area (Å²) in [7, 11) is 3.44. The molecule has 4 rings (SSSR count). The zero-order valence-electron chi connectivity index (χ0n) is 18.6. The lowest BCUT2D eigenvalue weighted by Crippen LogP contribution is -2.66. The number of amides is 2. The zero-order chi connectivity index (χ0) is 22.8. The van der Waals surface area contributed by atoms with Crippen molar-refractivity contribution in [2.75, 3.05) is 20.7 Å². The van der Waals surface area contributed by atoms with Crippen LogP contribution in [0, 0.1) is 17.2 Å². The number of carbonyl (C=O) groups is 2. The lowest BCUT2D eigenvalue weighted by Gasteiger charge is -2.52. The van der Waals surface area contributed by atoms with Gasteiger partial charge in [-0.1, -0.05) is 49.2 Å². The van der Waals surface area contributed by atoms with E-state index in [4.69, 9.17) is 0 Å². The Morgan fingerprint density at radius 3 is 2.34 bits per heavy atom. The number of likely N-dealkylation sites (tertiary alicyclic amines) is 1. The van der Waals surface area contributed by atoms with Crippen molar-refractivity contribution in [1.82, 2.24) is 9.80 Å². The molecule has 2 aromatic rings. The number of aliphatic hydroxyl groups excluding tert-OH is 1. The minimum Gasteiger partial charge on any atom is -0.394 e. The van der Waals surface area contributed by atoms with E-state index in [1.807, 2.05) is 36.4 Å². The molecule has 2 fully saturated rings. The third-order valence-electron chi connectivity index (χ3n) is 6.86. The minimum absolute atomic E-state index is 0.00776. The third kappa shape index (κ3) is 3.78. The molecule has 1 N–H and O–H groups in total. The Labute approximate surface area is 189 Å². The topological polar surface area (TPSA) is 84.6 Å². The molecule has 0 spiro atoms. The van der Waals surface area contributed by atoms with Gasteiger partial charge >= 0.3 is 0 Å². The van der Waals surface area contributed by atoms with Crippen molar-refractivity contribution in [1.29, 1.82) is 5.26 Å². The van der Waals surface area contributed by atoms with Crippen LogP contribution in [0.3, 0.4) is 0 Å². The Kier molecular flexibility index (Phi) is 6.29. The van der Waals surface area contributed by atoms with Crippen LogP contribution in [0.25, 0.3) is 11.1 Å². The van der Waals surface area contributed by atoms with Gasteiger partial charge in [0.15, 0.2) is 0 Å². The van der Waals surface area contributed by atoms with Crippen LogP contribution in [0.4, 0.5) is 0 Å². The molecule has 3 atom stereocenters. The van der Waals surface area contributed by atoms with E-state index in [9.17, 15) is 20.0 Å².